The van der Waals surface area contributed by atoms with Gasteiger partial charge in [0.25, 0.3) is 5.69 Å². The number of nitrogens with one attached hydrogen (secondary N) is 1. The molecule has 150 valence electrons. The second kappa shape index (κ2) is 7.01. The fourth-order valence-electron chi connectivity index (χ4n) is 3.18. The molecule has 1 N–H and O–H groups in total. The van der Waals surface area contributed by atoms with E-state index in [2.05, 4.69) is 5.32 Å². The average molecular weight is 412 g/mol. The van der Waals surface area contributed by atoms with Crippen LogP contribution in [0.2, 0.25) is 0 Å². The molecule has 2 aromatic rings. The van der Waals surface area contributed by atoms with Gasteiger partial charge < -0.3 is 10.1 Å². The van der Waals surface area contributed by atoms with Crippen LogP contribution in [0.4, 0.5) is 20.2 Å². The van der Waals surface area contributed by atoms with Gasteiger partial charge in [0.2, 0.25) is 9.84 Å². The van der Waals surface area contributed by atoms with Gasteiger partial charge in [0.15, 0.2) is 0 Å². The molecule has 1 unspecified atom stereocenters. The summed E-state index contributed by atoms with van der Waals surface area (Å²) in [5.74, 6) is -3.02. The van der Waals surface area contributed by atoms with Crippen LogP contribution in [0.3, 0.4) is 0 Å². The monoisotopic (exact) mass is 412 g/mol. The number of hydrogen-bond acceptors (Lipinski definition) is 6. The largest absolute Gasteiger partial charge is 0.487 e. The number of anilines is 1. The molecule has 7 nitrogen and oxygen atoms in total. The first-order valence-corrected chi connectivity index (χ1v) is 9.91. The van der Waals surface area contributed by atoms with E-state index in [1.54, 1.807) is 6.07 Å². The van der Waals surface area contributed by atoms with Crippen molar-refractivity contribution in [3.63, 3.8) is 0 Å². The highest BCUT2D eigenvalue weighted by Crippen LogP contribution is 2.42. The third-order valence-corrected chi connectivity index (χ3v) is 5.82. The van der Waals surface area contributed by atoms with Crippen molar-refractivity contribution in [2.24, 2.45) is 0 Å². The van der Waals surface area contributed by atoms with Gasteiger partial charge in [0.05, 0.1) is 15.9 Å². The van der Waals surface area contributed by atoms with Gasteiger partial charge in [-0.1, -0.05) is 18.2 Å². The Hall–Kier alpha value is -2.75. The first kappa shape index (κ1) is 20.0. The van der Waals surface area contributed by atoms with Crippen LogP contribution < -0.4 is 10.1 Å². The minimum Gasteiger partial charge on any atom is -0.487 e. The molecule has 0 fully saturated rings. The number of rotatable bonds is 5. The highest BCUT2D eigenvalue weighted by Gasteiger charge is 2.35. The molecule has 0 saturated carbocycles. The minimum atomic E-state index is -4.94. The number of hydrogen-bond donors (Lipinski definition) is 1. The quantitative estimate of drug-likeness (QED) is 0.581. The lowest BCUT2D eigenvalue weighted by Gasteiger charge is -2.38. The first-order chi connectivity index (χ1) is 13.0. The molecule has 1 aliphatic heterocycles. The molecule has 0 radical (unpaired) electrons. The fraction of sp³-hybridized carbons (Fsp3) is 0.333. The molecule has 1 atom stereocenters. The van der Waals surface area contributed by atoms with Gasteiger partial charge in [-0.15, -0.1) is 0 Å². The maximum Gasteiger partial charge on any atom is 0.341 e. The zero-order valence-electron chi connectivity index (χ0n) is 15.1. The molecule has 2 aromatic carbocycles. The summed E-state index contributed by atoms with van der Waals surface area (Å²) >= 11 is 0. The summed E-state index contributed by atoms with van der Waals surface area (Å²) in [4.78, 5) is 9.84. The van der Waals surface area contributed by atoms with Crippen LogP contribution in [-0.4, -0.2) is 24.7 Å². The van der Waals surface area contributed by atoms with E-state index in [0.717, 1.165) is 17.7 Å². The average Bonchev–Trinajstić information content (AvgIpc) is 2.60. The summed E-state index contributed by atoms with van der Waals surface area (Å²) < 4.78 is 54.7. The zero-order chi connectivity index (χ0) is 20.7. The SMILES string of the molecule is CC1(C)CC(Nc2ccc(S(=O)(=O)C(F)F)cc2[N+](=O)[O-])c2ccccc2O1. The van der Waals surface area contributed by atoms with Gasteiger partial charge in [-0.05, 0) is 32.0 Å². The van der Waals surface area contributed by atoms with Gasteiger partial charge in [-0.25, -0.2) is 8.42 Å². The van der Waals surface area contributed by atoms with E-state index in [1.807, 2.05) is 32.0 Å². The van der Waals surface area contributed by atoms with E-state index in [-0.39, 0.29) is 11.7 Å². The van der Waals surface area contributed by atoms with E-state index in [0.29, 0.717) is 18.2 Å². The van der Waals surface area contributed by atoms with E-state index in [9.17, 15) is 27.3 Å². The normalized spacial score (nSPS) is 18.2. The van der Waals surface area contributed by atoms with Gasteiger partial charge in [0.1, 0.15) is 17.0 Å². The Bertz CT molecular complexity index is 1020. The van der Waals surface area contributed by atoms with Crippen molar-refractivity contribution >= 4 is 21.2 Å². The number of fused-ring (bicyclic) bond motifs is 1. The number of ether oxygens (including phenoxy) is 1. The molecule has 0 bridgehead atoms. The van der Waals surface area contributed by atoms with Gasteiger partial charge >= 0.3 is 5.76 Å². The van der Waals surface area contributed by atoms with Crippen molar-refractivity contribution < 1.29 is 26.9 Å². The molecule has 0 amide bonds. The van der Waals surface area contributed by atoms with E-state index < -0.39 is 36.7 Å². The van der Waals surface area contributed by atoms with Crippen LogP contribution >= 0.6 is 0 Å². The lowest BCUT2D eigenvalue weighted by Crippen LogP contribution is -2.37. The van der Waals surface area contributed by atoms with Crippen LogP contribution in [0, 0.1) is 10.1 Å². The van der Waals surface area contributed by atoms with E-state index in [4.69, 9.17) is 4.74 Å². The number of nitrogens with zero attached hydrogens (tertiary/aromatic N) is 1. The lowest BCUT2D eigenvalue weighted by atomic mass is 9.89. The molecule has 0 spiro atoms. The van der Waals surface area contributed by atoms with Crippen LogP contribution in [0.25, 0.3) is 0 Å². The summed E-state index contributed by atoms with van der Waals surface area (Å²) in [6.45, 7) is 3.76. The Balaban J connectivity index is 2.02. The number of sulfone groups is 1. The highest BCUT2D eigenvalue weighted by atomic mass is 32.2. The Labute approximate surface area is 160 Å². The highest BCUT2D eigenvalue weighted by molar-refractivity contribution is 7.91. The van der Waals surface area contributed by atoms with Crippen LogP contribution in [-0.2, 0) is 9.84 Å². The van der Waals surface area contributed by atoms with Crippen molar-refractivity contribution in [2.75, 3.05) is 5.32 Å². The number of benzene rings is 2. The summed E-state index contributed by atoms with van der Waals surface area (Å²) in [6.07, 6.45) is 0.484. The smallest absolute Gasteiger partial charge is 0.341 e. The molecule has 10 heteroatoms. The maximum absolute atomic E-state index is 12.8. The Kier molecular flexibility index (Phi) is 5.00. The van der Waals surface area contributed by atoms with Crippen molar-refractivity contribution in [3.8, 4) is 5.75 Å². The number of nitro groups is 1. The van der Waals surface area contributed by atoms with Crippen molar-refractivity contribution in [2.45, 2.75) is 42.6 Å². The minimum absolute atomic E-state index is 0.0377. The molecule has 0 aliphatic carbocycles. The van der Waals surface area contributed by atoms with Crippen LogP contribution in [0.15, 0.2) is 47.4 Å². The molecule has 28 heavy (non-hydrogen) atoms. The number of nitro benzene ring substituents is 1. The molecule has 3 rings (SSSR count). The van der Waals surface area contributed by atoms with Gasteiger partial charge in [-0.3, -0.25) is 10.1 Å². The second-order valence-electron chi connectivity index (χ2n) is 7.04. The number of halogens is 2. The Morgan fingerprint density at radius 1 is 1.25 bits per heavy atom. The Morgan fingerprint density at radius 3 is 2.57 bits per heavy atom. The molecule has 0 aromatic heterocycles. The lowest BCUT2D eigenvalue weighted by molar-refractivity contribution is -0.384. The zero-order valence-corrected chi connectivity index (χ0v) is 15.9. The molecule has 1 aliphatic rings. The number of alkyl halides is 2. The fourth-order valence-corrected chi connectivity index (χ4v) is 3.92. The summed E-state index contributed by atoms with van der Waals surface area (Å²) in [7, 11) is -4.94. The first-order valence-electron chi connectivity index (χ1n) is 8.36. The van der Waals surface area contributed by atoms with Crippen molar-refractivity contribution in [3.05, 3.63) is 58.1 Å². The molecule has 1 heterocycles. The van der Waals surface area contributed by atoms with E-state index in [1.165, 1.54) is 0 Å². The van der Waals surface area contributed by atoms with E-state index >= 15 is 0 Å². The molecule has 0 saturated heterocycles. The van der Waals surface area contributed by atoms with Crippen LogP contribution in [0.1, 0.15) is 31.9 Å². The molecular weight excluding hydrogens is 394 g/mol. The Morgan fingerprint density at radius 2 is 1.93 bits per heavy atom. The van der Waals surface area contributed by atoms with Gasteiger partial charge in [0, 0.05) is 18.1 Å². The second-order valence-corrected chi connectivity index (χ2v) is 8.96. The summed E-state index contributed by atoms with van der Waals surface area (Å²) in [5, 5.41) is 14.5. The summed E-state index contributed by atoms with van der Waals surface area (Å²) in [5.41, 5.74) is -0.306. The topological polar surface area (TPSA) is 98.5 Å². The van der Waals surface area contributed by atoms with Crippen molar-refractivity contribution in [1.82, 2.24) is 0 Å². The van der Waals surface area contributed by atoms with Crippen LogP contribution in [0.5, 0.6) is 5.75 Å². The third kappa shape index (κ3) is 3.77. The molecular formula is C18H18F2N2O5S. The van der Waals surface area contributed by atoms with Gasteiger partial charge in [-0.2, -0.15) is 8.78 Å². The predicted molar refractivity (Wildman–Crippen MR) is 98.4 cm³/mol. The standard InChI is InChI=1S/C18H18F2N2O5S/c1-18(2)10-14(12-5-3-4-6-16(12)27-18)21-13-8-7-11(9-15(13)22(23)24)28(25,26)17(19)20/h3-9,14,17,21H,10H2,1-2H3. The third-order valence-electron chi connectivity index (χ3n) is 4.44. The maximum atomic E-state index is 12.8. The number of para-hydroxylation sites is 1. The van der Waals surface area contributed by atoms with Crippen molar-refractivity contribution in [1.29, 1.82) is 0 Å². The predicted octanol–water partition coefficient (Wildman–Crippen LogP) is 4.31. The summed E-state index contributed by atoms with van der Waals surface area (Å²) in [6, 6.07) is 9.61.